The summed E-state index contributed by atoms with van der Waals surface area (Å²) in [6, 6.07) is 18.2. The molecule has 0 saturated heterocycles. The summed E-state index contributed by atoms with van der Waals surface area (Å²) in [5.41, 5.74) is 11.7. The number of aromatic nitrogens is 1. The molecule has 0 saturated carbocycles. The normalized spacial score (nSPS) is 10.8. The summed E-state index contributed by atoms with van der Waals surface area (Å²) >= 11 is 0. The molecule has 2 N–H and O–H groups in total. The third kappa shape index (κ3) is 3.83. The Morgan fingerprint density at radius 2 is 1.81 bits per heavy atom. The fourth-order valence-electron chi connectivity index (χ4n) is 3.06. The molecule has 0 unspecified atom stereocenters. The van der Waals surface area contributed by atoms with Gasteiger partial charge in [-0.05, 0) is 48.1 Å². The van der Waals surface area contributed by atoms with Crippen molar-refractivity contribution in [3.63, 3.8) is 0 Å². The van der Waals surface area contributed by atoms with Gasteiger partial charge in [0, 0.05) is 6.07 Å². The van der Waals surface area contributed by atoms with Gasteiger partial charge in [-0.2, -0.15) is 5.26 Å². The lowest BCUT2D eigenvalue weighted by atomic mass is 10.0. The van der Waals surface area contributed by atoms with Crippen LogP contribution in [0, 0.1) is 25.2 Å². The van der Waals surface area contributed by atoms with E-state index in [0.29, 0.717) is 29.7 Å². The highest BCUT2D eigenvalue weighted by atomic mass is 16.5. The summed E-state index contributed by atoms with van der Waals surface area (Å²) in [4.78, 5) is 0. The molecule has 4 nitrogen and oxygen atoms in total. The van der Waals surface area contributed by atoms with Crippen LogP contribution in [0.2, 0.25) is 0 Å². The zero-order chi connectivity index (χ0) is 19.6. The number of nitriles is 1. The summed E-state index contributed by atoms with van der Waals surface area (Å²) in [6.45, 7) is 8.90. The van der Waals surface area contributed by atoms with Crippen molar-refractivity contribution in [2.24, 2.45) is 0 Å². The van der Waals surface area contributed by atoms with Crippen molar-refractivity contribution in [1.82, 2.24) is 4.57 Å². The topological polar surface area (TPSA) is 64.0 Å². The van der Waals surface area contributed by atoms with E-state index in [1.165, 1.54) is 5.56 Å². The number of aryl methyl sites for hydroxylation is 2. The number of hydrogen-bond acceptors (Lipinski definition) is 3. The number of rotatable bonds is 5. The van der Waals surface area contributed by atoms with Crippen molar-refractivity contribution >= 4 is 5.69 Å². The largest absolute Gasteiger partial charge is 0.438 e. The Morgan fingerprint density at radius 1 is 1.07 bits per heavy atom. The molecule has 0 aliphatic heterocycles. The average Bonchev–Trinajstić information content (AvgIpc) is 2.93. The first-order chi connectivity index (χ1) is 12.9. The van der Waals surface area contributed by atoms with Crippen LogP contribution in [0.25, 0.3) is 0 Å². The number of nitrogens with two attached hydrogens (primary N) is 1. The quantitative estimate of drug-likeness (QED) is 0.652. The highest BCUT2D eigenvalue weighted by Gasteiger charge is 2.17. The molecule has 1 heterocycles. The molecule has 2 aromatic carbocycles. The summed E-state index contributed by atoms with van der Waals surface area (Å²) < 4.78 is 8.09. The van der Waals surface area contributed by atoms with E-state index in [1.807, 2.05) is 23.6 Å². The molecule has 0 bridgehead atoms. The number of nitrogen functional groups attached to an aromatic ring is 1. The maximum absolute atomic E-state index is 9.56. The molecule has 0 spiro atoms. The Balaban J connectivity index is 2.04. The maximum atomic E-state index is 9.56. The molecular weight excluding hydrogens is 334 g/mol. The predicted octanol–water partition coefficient (Wildman–Crippen LogP) is 5.52. The van der Waals surface area contributed by atoms with Crippen LogP contribution in [0.5, 0.6) is 11.6 Å². The van der Waals surface area contributed by atoms with E-state index >= 15 is 0 Å². The van der Waals surface area contributed by atoms with Crippen molar-refractivity contribution in [2.75, 3.05) is 5.73 Å². The van der Waals surface area contributed by atoms with Crippen LogP contribution in [-0.2, 0) is 6.54 Å². The molecule has 138 valence electrons. The van der Waals surface area contributed by atoms with E-state index in [0.717, 1.165) is 22.4 Å². The SMILES string of the molecule is Cc1ccccc1Cn1c(C#N)cc(N)c1Oc1cc(C(C)C)ccc1C. The second-order valence-corrected chi connectivity index (χ2v) is 7.20. The molecule has 0 aliphatic carbocycles. The smallest absolute Gasteiger partial charge is 0.224 e. The fraction of sp³-hybridized carbons (Fsp3) is 0.261. The second kappa shape index (κ2) is 7.59. The van der Waals surface area contributed by atoms with Gasteiger partial charge in [-0.15, -0.1) is 0 Å². The minimum atomic E-state index is 0.402. The molecule has 0 aliphatic rings. The third-order valence-electron chi connectivity index (χ3n) is 4.86. The van der Waals surface area contributed by atoms with Crippen LogP contribution in [-0.4, -0.2) is 4.57 Å². The van der Waals surface area contributed by atoms with Crippen LogP contribution in [0.1, 0.15) is 47.7 Å². The summed E-state index contributed by atoms with van der Waals surface area (Å²) in [5, 5.41) is 9.56. The van der Waals surface area contributed by atoms with E-state index in [2.05, 4.69) is 57.2 Å². The van der Waals surface area contributed by atoms with Gasteiger partial charge in [-0.25, -0.2) is 0 Å². The second-order valence-electron chi connectivity index (χ2n) is 7.20. The van der Waals surface area contributed by atoms with Crippen LogP contribution in [0.3, 0.4) is 0 Å². The van der Waals surface area contributed by atoms with Gasteiger partial charge < -0.3 is 10.5 Å². The standard InChI is InChI=1S/C23H25N3O/c1-15(2)18-10-9-17(4)22(11-18)27-23-21(25)12-20(13-24)26(23)14-19-8-6-5-7-16(19)3/h5-12,15H,14,25H2,1-4H3. The van der Waals surface area contributed by atoms with E-state index < -0.39 is 0 Å². The number of hydrogen-bond donors (Lipinski definition) is 1. The first kappa shape index (κ1) is 18.6. The highest BCUT2D eigenvalue weighted by Crippen LogP contribution is 2.35. The minimum absolute atomic E-state index is 0.402. The minimum Gasteiger partial charge on any atom is -0.438 e. The van der Waals surface area contributed by atoms with E-state index in [4.69, 9.17) is 10.5 Å². The van der Waals surface area contributed by atoms with E-state index in [-0.39, 0.29) is 0 Å². The Morgan fingerprint density at radius 3 is 2.48 bits per heavy atom. The number of benzene rings is 2. The lowest BCUT2D eigenvalue weighted by Gasteiger charge is -2.16. The van der Waals surface area contributed by atoms with Gasteiger partial charge in [0.15, 0.2) is 0 Å². The Bertz CT molecular complexity index is 1010. The molecule has 3 rings (SSSR count). The van der Waals surface area contributed by atoms with Crippen LogP contribution < -0.4 is 10.5 Å². The molecule has 3 aromatic rings. The molecular formula is C23H25N3O. The molecule has 27 heavy (non-hydrogen) atoms. The van der Waals surface area contributed by atoms with Gasteiger partial charge in [-0.3, -0.25) is 4.57 Å². The van der Waals surface area contributed by atoms with Gasteiger partial charge in [0.1, 0.15) is 17.5 Å². The Kier molecular flexibility index (Phi) is 5.23. The first-order valence-electron chi connectivity index (χ1n) is 9.12. The Hall–Kier alpha value is -3.19. The lowest BCUT2D eigenvalue weighted by Crippen LogP contribution is -2.07. The van der Waals surface area contributed by atoms with Crippen LogP contribution in [0.4, 0.5) is 5.69 Å². The van der Waals surface area contributed by atoms with Gasteiger partial charge >= 0.3 is 0 Å². The van der Waals surface area contributed by atoms with Gasteiger partial charge in [0.05, 0.1) is 12.2 Å². The summed E-state index contributed by atoms with van der Waals surface area (Å²) in [6.07, 6.45) is 0. The zero-order valence-electron chi connectivity index (χ0n) is 16.3. The molecule has 0 radical (unpaired) electrons. The van der Waals surface area contributed by atoms with Gasteiger partial charge in [-0.1, -0.05) is 50.2 Å². The summed E-state index contributed by atoms with van der Waals surface area (Å²) in [5.74, 6) is 1.68. The average molecular weight is 359 g/mol. The lowest BCUT2D eigenvalue weighted by molar-refractivity contribution is 0.433. The van der Waals surface area contributed by atoms with Crippen LogP contribution >= 0.6 is 0 Å². The predicted molar refractivity (Wildman–Crippen MR) is 109 cm³/mol. The maximum Gasteiger partial charge on any atom is 0.224 e. The Labute approximate surface area is 160 Å². The molecule has 0 fully saturated rings. The number of anilines is 1. The number of nitrogens with zero attached hydrogens (tertiary/aromatic N) is 2. The fourth-order valence-corrected chi connectivity index (χ4v) is 3.06. The van der Waals surface area contributed by atoms with Crippen molar-refractivity contribution in [3.8, 4) is 17.7 Å². The summed E-state index contributed by atoms with van der Waals surface area (Å²) in [7, 11) is 0. The molecule has 1 aromatic heterocycles. The highest BCUT2D eigenvalue weighted by molar-refractivity contribution is 5.57. The van der Waals surface area contributed by atoms with Gasteiger partial charge in [0.2, 0.25) is 5.88 Å². The molecule has 0 atom stereocenters. The van der Waals surface area contributed by atoms with Crippen LogP contribution in [0.15, 0.2) is 48.5 Å². The van der Waals surface area contributed by atoms with Crippen molar-refractivity contribution < 1.29 is 4.74 Å². The van der Waals surface area contributed by atoms with Crippen molar-refractivity contribution in [1.29, 1.82) is 5.26 Å². The van der Waals surface area contributed by atoms with E-state index in [1.54, 1.807) is 6.07 Å². The zero-order valence-corrected chi connectivity index (χ0v) is 16.3. The van der Waals surface area contributed by atoms with Crippen molar-refractivity contribution in [2.45, 2.75) is 40.2 Å². The molecule has 0 amide bonds. The van der Waals surface area contributed by atoms with Gasteiger partial charge in [0.25, 0.3) is 0 Å². The third-order valence-corrected chi connectivity index (χ3v) is 4.86. The monoisotopic (exact) mass is 359 g/mol. The van der Waals surface area contributed by atoms with Crippen molar-refractivity contribution in [3.05, 3.63) is 76.5 Å². The first-order valence-corrected chi connectivity index (χ1v) is 9.12. The number of ether oxygens (including phenoxy) is 1. The molecule has 4 heteroatoms. The van der Waals surface area contributed by atoms with E-state index in [9.17, 15) is 5.26 Å².